The van der Waals surface area contributed by atoms with Gasteiger partial charge >= 0.3 is 0 Å². The van der Waals surface area contributed by atoms with Gasteiger partial charge < -0.3 is 21.3 Å². The summed E-state index contributed by atoms with van der Waals surface area (Å²) >= 11 is 0. The number of hydrogen-bond donors (Lipinski definition) is 4. The van der Waals surface area contributed by atoms with Crippen molar-refractivity contribution < 1.29 is 4.92 Å². The molecule has 0 aliphatic carbocycles. The maximum Gasteiger partial charge on any atom is 0.271 e. The summed E-state index contributed by atoms with van der Waals surface area (Å²) in [5, 5.41) is 25.2. The van der Waals surface area contributed by atoms with Crippen LogP contribution in [0.5, 0.6) is 0 Å². The molecule has 0 spiro atoms. The number of aromatic nitrogens is 1. The van der Waals surface area contributed by atoms with Gasteiger partial charge in [0.2, 0.25) is 0 Å². The highest BCUT2D eigenvalue weighted by Crippen LogP contribution is 2.28. The fourth-order valence-electron chi connectivity index (χ4n) is 3.81. The summed E-state index contributed by atoms with van der Waals surface area (Å²) in [6.07, 6.45) is 7.71. The van der Waals surface area contributed by atoms with E-state index in [1.807, 2.05) is 42.6 Å². The molecule has 3 aromatic carbocycles. The molecule has 1 aliphatic heterocycles. The smallest absolute Gasteiger partial charge is 0.271 e. The highest BCUT2D eigenvalue weighted by Gasteiger charge is 2.09. The third kappa shape index (κ3) is 5.39. The number of rotatable bonds is 8. The second-order valence-electron chi connectivity index (χ2n) is 8.10. The van der Waals surface area contributed by atoms with E-state index in [9.17, 15) is 10.1 Å². The molecule has 0 bridgehead atoms. The number of non-ortho nitro benzene ring substituents is 1. The van der Waals surface area contributed by atoms with Gasteiger partial charge in [-0.15, -0.1) is 0 Å². The van der Waals surface area contributed by atoms with E-state index >= 15 is 0 Å². The SMILES string of the molecule is O=[N+]([O-])c1ccc2c(Nc3ccc(NCc4ccc(NC5=CCNC=C5)cc4)cc3)ccnc2c1. The van der Waals surface area contributed by atoms with Crippen molar-refractivity contribution in [2.24, 2.45) is 0 Å². The molecule has 4 aromatic rings. The minimum atomic E-state index is -0.414. The number of nitro benzene ring substituents is 1. The molecule has 0 saturated heterocycles. The number of nitro groups is 1. The predicted octanol–water partition coefficient (Wildman–Crippen LogP) is 5.91. The number of nitrogens with one attached hydrogen (secondary N) is 4. The molecule has 5 rings (SSSR count). The topological polar surface area (TPSA) is 104 Å². The van der Waals surface area contributed by atoms with Gasteiger partial charge in [-0.3, -0.25) is 15.1 Å². The highest BCUT2D eigenvalue weighted by atomic mass is 16.6. The number of allylic oxidation sites excluding steroid dienone is 1. The van der Waals surface area contributed by atoms with E-state index < -0.39 is 4.92 Å². The van der Waals surface area contributed by atoms with Gasteiger partial charge in [0.15, 0.2) is 0 Å². The van der Waals surface area contributed by atoms with Gasteiger partial charge in [-0.25, -0.2) is 0 Å². The fraction of sp³-hybridized carbons (Fsp3) is 0.0741. The van der Waals surface area contributed by atoms with Gasteiger partial charge in [0.25, 0.3) is 5.69 Å². The van der Waals surface area contributed by atoms with Crippen molar-refractivity contribution in [3.8, 4) is 0 Å². The van der Waals surface area contributed by atoms with Crippen LogP contribution in [0, 0.1) is 10.1 Å². The third-order valence-electron chi connectivity index (χ3n) is 5.66. The first-order valence-electron chi connectivity index (χ1n) is 11.2. The Balaban J connectivity index is 1.19. The van der Waals surface area contributed by atoms with Crippen LogP contribution in [0.3, 0.4) is 0 Å². The van der Waals surface area contributed by atoms with Crippen molar-refractivity contribution >= 4 is 39.3 Å². The fourth-order valence-corrected chi connectivity index (χ4v) is 3.81. The lowest BCUT2D eigenvalue weighted by molar-refractivity contribution is -0.384. The Kier molecular flexibility index (Phi) is 6.25. The quantitative estimate of drug-likeness (QED) is 0.190. The number of hydrogen-bond acceptors (Lipinski definition) is 7. The second-order valence-corrected chi connectivity index (χ2v) is 8.10. The summed E-state index contributed by atoms with van der Waals surface area (Å²) in [5.74, 6) is 0. The molecule has 1 aliphatic rings. The summed E-state index contributed by atoms with van der Waals surface area (Å²) < 4.78 is 0. The van der Waals surface area contributed by atoms with Gasteiger partial charge in [0.1, 0.15) is 0 Å². The maximum atomic E-state index is 11.0. The molecule has 4 N–H and O–H groups in total. The minimum Gasteiger partial charge on any atom is -0.387 e. The summed E-state index contributed by atoms with van der Waals surface area (Å²) in [6.45, 7) is 1.55. The average molecular weight is 465 g/mol. The second kappa shape index (κ2) is 9.96. The number of pyridine rings is 1. The molecule has 8 nitrogen and oxygen atoms in total. The highest BCUT2D eigenvalue weighted by molar-refractivity contribution is 5.94. The van der Waals surface area contributed by atoms with Gasteiger partial charge in [-0.1, -0.05) is 12.1 Å². The van der Waals surface area contributed by atoms with Crippen molar-refractivity contribution in [3.05, 3.63) is 119 Å². The van der Waals surface area contributed by atoms with Crippen molar-refractivity contribution in [2.45, 2.75) is 6.54 Å². The van der Waals surface area contributed by atoms with E-state index in [1.54, 1.807) is 12.3 Å². The zero-order valence-corrected chi connectivity index (χ0v) is 18.9. The van der Waals surface area contributed by atoms with Crippen molar-refractivity contribution in [2.75, 3.05) is 22.5 Å². The molecular formula is C27H24N6O2. The Morgan fingerprint density at radius 2 is 1.66 bits per heavy atom. The normalized spacial score (nSPS) is 12.5. The number of nitrogens with zero attached hydrogens (tertiary/aromatic N) is 2. The lowest BCUT2D eigenvalue weighted by atomic mass is 10.1. The monoisotopic (exact) mass is 464 g/mol. The van der Waals surface area contributed by atoms with E-state index in [2.05, 4.69) is 56.6 Å². The van der Waals surface area contributed by atoms with E-state index in [4.69, 9.17) is 0 Å². The van der Waals surface area contributed by atoms with Crippen molar-refractivity contribution in [3.63, 3.8) is 0 Å². The summed E-state index contributed by atoms with van der Waals surface area (Å²) in [7, 11) is 0. The Hall–Kier alpha value is -4.85. The summed E-state index contributed by atoms with van der Waals surface area (Å²) in [5.41, 5.74) is 6.70. The van der Waals surface area contributed by atoms with Gasteiger partial charge in [0.05, 0.1) is 10.4 Å². The molecule has 2 heterocycles. The van der Waals surface area contributed by atoms with Gasteiger partial charge in [0, 0.05) is 65.3 Å². The molecule has 1 aromatic heterocycles. The molecule has 8 heteroatoms. The van der Waals surface area contributed by atoms with Crippen LogP contribution in [-0.2, 0) is 6.54 Å². The molecule has 0 fully saturated rings. The Morgan fingerprint density at radius 1 is 0.914 bits per heavy atom. The molecule has 0 saturated carbocycles. The molecular weight excluding hydrogens is 440 g/mol. The first-order valence-corrected chi connectivity index (χ1v) is 11.2. The van der Waals surface area contributed by atoms with E-state index in [1.165, 1.54) is 17.7 Å². The zero-order chi connectivity index (χ0) is 24.0. The standard InChI is InChI=1S/C27H24N6O2/c34-33(35)24-9-10-25-26(13-16-29-27(25)17-24)32-22-7-5-20(6-8-22)30-18-19-1-3-21(4-2-19)31-23-11-14-28-15-12-23/h1-14,16-17,28,30-31H,15,18H2,(H,29,32). The molecule has 0 unspecified atom stereocenters. The average Bonchev–Trinajstić information content (AvgIpc) is 2.89. The lowest BCUT2D eigenvalue weighted by Gasteiger charge is -2.13. The molecule has 0 amide bonds. The minimum absolute atomic E-state index is 0.0276. The van der Waals surface area contributed by atoms with E-state index in [0.29, 0.717) is 12.1 Å². The van der Waals surface area contributed by atoms with Gasteiger partial charge in [-0.2, -0.15) is 0 Å². The number of anilines is 4. The van der Waals surface area contributed by atoms with Crippen LogP contribution < -0.4 is 21.3 Å². The van der Waals surface area contributed by atoms with Crippen LogP contribution in [0.2, 0.25) is 0 Å². The first kappa shape index (κ1) is 22.0. The van der Waals surface area contributed by atoms with Crippen LogP contribution in [-0.4, -0.2) is 16.5 Å². The largest absolute Gasteiger partial charge is 0.387 e. The summed E-state index contributed by atoms with van der Waals surface area (Å²) in [4.78, 5) is 14.9. The zero-order valence-electron chi connectivity index (χ0n) is 18.9. The van der Waals surface area contributed by atoms with Crippen molar-refractivity contribution in [1.82, 2.24) is 10.3 Å². The Morgan fingerprint density at radius 3 is 2.40 bits per heavy atom. The van der Waals surface area contributed by atoms with Crippen LogP contribution in [0.15, 0.2) is 103 Å². The van der Waals surface area contributed by atoms with Crippen LogP contribution in [0.4, 0.5) is 28.4 Å². The molecule has 174 valence electrons. The van der Waals surface area contributed by atoms with E-state index in [0.717, 1.165) is 40.4 Å². The maximum absolute atomic E-state index is 11.0. The summed E-state index contributed by atoms with van der Waals surface area (Å²) in [6, 6.07) is 22.9. The predicted molar refractivity (Wildman–Crippen MR) is 141 cm³/mol. The number of benzene rings is 3. The third-order valence-corrected chi connectivity index (χ3v) is 5.66. The molecule has 0 radical (unpaired) electrons. The van der Waals surface area contributed by atoms with Crippen LogP contribution in [0.1, 0.15) is 5.56 Å². The van der Waals surface area contributed by atoms with Crippen molar-refractivity contribution in [1.29, 1.82) is 0 Å². The Bertz CT molecular complexity index is 1410. The molecule has 35 heavy (non-hydrogen) atoms. The number of dihydropyridines is 1. The van der Waals surface area contributed by atoms with E-state index in [-0.39, 0.29) is 5.69 Å². The van der Waals surface area contributed by atoms with Crippen LogP contribution in [0.25, 0.3) is 10.9 Å². The van der Waals surface area contributed by atoms with Crippen LogP contribution >= 0.6 is 0 Å². The number of fused-ring (bicyclic) bond motifs is 1. The lowest BCUT2D eigenvalue weighted by Crippen LogP contribution is -2.12. The Labute approximate surface area is 202 Å². The van der Waals surface area contributed by atoms with Gasteiger partial charge in [-0.05, 0) is 72.4 Å². The first-order chi connectivity index (χ1) is 17.1. The molecule has 0 atom stereocenters.